The van der Waals surface area contributed by atoms with Gasteiger partial charge in [-0.3, -0.25) is 9.36 Å². The molecule has 2 heterocycles. The van der Waals surface area contributed by atoms with E-state index in [4.69, 9.17) is 4.42 Å². The lowest BCUT2D eigenvalue weighted by atomic mass is 10.2. The fourth-order valence-electron chi connectivity index (χ4n) is 3.05. The van der Waals surface area contributed by atoms with Crippen molar-refractivity contribution in [1.82, 2.24) is 14.5 Å². The quantitative estimate of drug-likeness (QED) is 0.554. The van der Waals surface area contributed by atoms with Crippen LogP contribution in [-0.4, -0.2) is 27.4 Å². The predicted molar refractivity (Wildman–Crippen MR) is 101 cm³/mol. The Morgan fingerprint density at radius 1 is 1.23 bits per heavy atom. The Bertz CT molecular complexity index is 1120. The van der Waals surface area contributed by atoms with Crippen molar-refractivity contribution in [1.29, 1.82) is 0 Å². The number of thiazole rings is 1. The highest BCUT2D eigenvalue weighted by molar-refractivity contribution is 7.18. The van der Waals surface area contributed by atoms with Crippen molar-refractivity contribution < 1.29 is 9.21 Å². The number of fused-ring (bicyclic) bond motifs is 2. The number of likely N-dealkylation sites (N-methyl/N-ethyl adjacent to an activating group) is 1. The van der Waals surface area contributed by atoms with Gasteiger partial charge in [-0.2, -0.15) is 0 Å². The second-order valence-corrected chi connectivity index (χ2v) is 7.27. The van der Waals surface area contributed by atoms with E-state index in [-0.39, 0.29) is 5.91 Å². The highest BCUT2D eigenvalue weighted by Crippen LogP contribution is 2.23. The molecule has 0 saturated heterocycles. The fraction of sp³-hybridized carbons (Fsp3) is 0.211. The minimum absolute atomic E-state index is 0.169. The molecule has 0 aliphatic rings. The van der Waals surface area contributed by atoms with Gasteiger partial charge in [0.05, 0.1) is 22.3 Å². The third kappa shape index (κ3) is 2.80. The summed E-state index contributed by atoms with van der Waals surface area (Å²) in [6.45, 7) is 2.10. The van der Waals surface area contributed by atoms with Crippen LogP contribution in [0.25, 0.3) is 21.3 Å². The zero-order valence-corrected chi connectivity index (χ0v) is 15.2. The van der Waals surface area contributed by atoms with Gasteiger partial charge < -0.3 is 9.32 Å². The molecule has 2 aromatic heterocycles. The van der Waals surface area contributed by atoms with Crippen LogP contribution < -0.4 is 5.76 Å². The van der Waals surface area contributed by atoms with Crippen LogP contribution in [-0.2, 0) is 11.3 Å². The lowest BCUT2D eigenvalue weighted by molar-refractivity contribution is -0.133. The molecule has 0 saturated carbocycles. The van der Waals surface area contributed by atoms with Crippen LogP contribution in [0.2, 0.25) is 0 Å². The van der Waals surface area contributed by atoms with Crippen molar-refractivity contribution >= 4 is 38.6 Å². The summed E-state index contributed by atoms with van der Waals surface area (Å²) in [5.41, 5.74) is 2.02. The van der Waals surface area contributed by atoms with Gasteiger partial charge in [-0.1, -0.05) is 24.3 Å². The van der Waals surface area contributed by atoms with E-state index in [9.17, 15) is 9.59 Å². The van der Waals surface area contributed by atoms with Crippen LogP contribution in [0.15, 0.2) is 57.7 Å². The second kappa shape index (κ2) is 6.42. The summed E-state index contributed by atoms with van der Waals surface area (Å²) < 4.78 is 7.72. The average Bonchev–Trinajstić information content (AvgIpc) is 3.19. The Hall–Kier alpha value is -2.93. The Labute approximate surface area is 153 Å². The van der Waals surface area contributed by atoms with Crippen molar-refractivity contribution in [3.05, 3.63) is 64.1 Å². The standard InChI is InChI=1S/C19H17N3O3S/c1-12(22-14-8-4-5-9-15(14)25-19(22)24)18(23)21(2)11-17-20-13-7-3-6-10-16(13)26-17/h3-10,12H,11H2,1-2H3. The average molecular weight is 367 g/mol. The molecule has 0 bridgehead atoms. The van der Waals surface area contributed by atoms with Crippen LogP contribution in [0, 0.1) is 0 Å². The van der Waals surface area contributed by atoms with Crippen molar-refractivity contribution in [2.75, 3.05) is 7.05 Å². The number of amides is 1. The third-order valence-electron chi connectivity index (χ3n) is 4.35. The molecule has 0 spiro atoms. The maximum Gasteiger partial charge on any atom is 0.420 e. The van der Waals surface area contributed by atoms with Crippen LogP contribution in [0.3, 0.4) is 0 Å². The van der Waals surface area contributed by atoms with Crippen molar-refractivity contribution in [2.45, 2.75) is 19.5 Å². The van der Waals surface area contributed by atoms with Gasteiger partial charge in [0.2, 0.25) is 5.91 Å². The summed E-state index contributed by atoms with van der Waals surface area (Å²) in [5, 5.41) is 0.860. The first-order valence-electron chi connectivity index (χ1n) is 8.24. The molecule has 132 valence electrons. The molecule has 1 atom stereocenters. The van der Waals surface area contributed by atoms with Crippen molar-refractivity contribution in [2.24, 2.45) is 0 Å². The highest BCUT2D eigenvalue weighted by Gasteiger charge is 2.24. The van der Waals surface area contributed by atoms with Gasteiger partial charge in [-0.05, 0) is 31.2 Å². The van der Waals surface area contributed by atoms with E-state index in [0.717, 1.165) is 15.2 Å². The molecule has 4 rings (SSSR count). The SMILES string of the molecule is CC(C(=O)N(C)Cc1nc2ccccc2s1)n1c(=O)oc2ccccc21. The molecule has 0 radical (unpaired) electrons. The zero-order chi connectivity index (χ0) is 18.3. The summed E-state index contributed by atoms with van der Waals surface area (Å²) in [6, 6.07) is 14.3. The van der Waals surface area contributed by atoms with E-state index in [1.807, 2.05) is 30.3 Å². The summed E-state index contributed by atoms with van der Waals surface area (Å²) in [6.07, 6.45) is 0. The molecule has 0 aliphatic heterocycles. The zero-order valence-electron chi connectivity index (χ0n) is 14.4. The number of aromatic nitrogens is 2. The predicted octanol–water partition coefficient (Wildman–Crippen LogP) is 3.42. The van der Waals surface area contributed by atoms with Crippen molar-refractivity contribution in [3.63, 3.8) is 0 Å². The number of oxazole rings is 1. The molecular formula is C19H17N3O3S. The number of nitrogens with zero attached hydrogens (tertiary/aromatic N) is 3. The molecule has 0 N–H and O–H groups in total. The van der Waals surface area contributed by atoms with E-state index in [0.29, 0.717) is 17.6 Å². The fourth-order valence-corrected chi connectivity index (χ4v) is 4.07. The lowest BCUT2D eigenvalue weighted by Crippen LogP contribution is -2.35. The normalized spacial score (nSPS) is 12.5. The first-order valence-corrected chi connectivity index (χ1v) is 9.06. The number of hydrogen-bond acceptors (Lipinski definition) is 5. The second-order valence-electron chi connectivity index (χ2n) is 6.15. The minimum atomic E-state index is -0.662. The van der Waals surface area contributed by atoms with Gasteiger partial charge in [0, 0.05) is 7.05 Å². The number of carbonyl (C=O) groups is 1. The molecule has 1 amide bonds. The van der Waals surface area contributed by atoms with Crippen LogP contribution in [0.5, 0.6) is 0 Å². The van der Waals surface area contributed by atoms with Gasteiger partial charge in [0.1, 0.15) is 11.0 Å². The monoisotopic (exact) mass is 367 g/mol. The molecule has 0 fully saturated rings. The van der Waals surface area contributed by atoms with Crippen LogP contribution >= 0.6 is 11.3 Å². The van der Waals surface area contributed by atoms with E-state index < -0.39 is 11.8 Å². The smallest absolute Gasteiger partial charge is 0.408 e. The Morgan fingerprint density at radius 2 is 1.96 bits per heavy atom. The molecule has 2 aromatic carbocycles. The summed E-state index contributed by atoms with van der Waals surface area (Å²) in [4.78, 5) is 31.2. The molecule has 26 heavy (non-hydrogen) atoms. The lowest BCUT2D eigenvalue weighted by Gasteiger charge is -2.20. The number of carbonyl (C=O) groups excluding carboxylic acids is 1. The molecular weight excluding hydrogens is 350 g/mol. The number of benzene rings is 2. The first kappa shape index (κ1) is 16.5. The molecule has 0 aliphatic carbocycles. The third-order valence-corrected chi connectivity index (χ3v) is 5.37. The van der Waals surface area contributed by atoms with E-state index in [1.165, 1.54) is 4.57 Å². The maximum atomic E-state index is 12.9. The number of hydrogen-bond donors (Lipinski definition) is 0. The molecule has 7 heteroatoms. The Kier molecular flexibility index (Phi) is 4.08. The highest BCUT2D eigenvalue weighted by atomic mass is 32.1. The summed E-state index contributed by atoms with van der Waals surface area (Å²) in [5.74, 6) is -0.696. The Balaban J connectivity index is 1.59. The number of rotatable bonds is 4. The van der Waals surface area contributed by atoms with Crippen LogP contribution in [0.1, 0.15) is 18.0 Å². The molecule has 1 unspecified atom stereocenters. The summed E-state index contributed by atoms with van der Waals surface area (Å²) >= 11 is 1.57. The van der Waals surface area contributed by atoms with E-state index >= 15 is 0 Å². The van der Waals surface area contributed by atoms with Gasteiger partial charge in [-0.15, -0.1) is 11.3 Å². The minimum Gasteiger partial charge on any atom is -0.408 e. The maximum absolute atomic E-state index is 12.9. The molecule has 4 aromatic rings. The van der Waals surface area contributed by atoms with E-state index in [1.54, 1.807) is 48.4 Å². The molecule has 6 nitrogen and oxygen atoms in total. The van der Waals surface area contributed by atoms with Gasteiger partial charge >= 0.3 is 5.76 Å². The van der Waals surface area contributed by atoms with Gasteiger partial charge in [0.25, 0.3) is 0 Å². The first-order chi connectivity index (χ1) is 12.5. The summed E-state index contributed by atoms with van der Waals surface area (Å²) in [7, 11) is 1.72. The number of para-hydroxylation sites is 3. The van der Waals surface area contributed by atoms with Crippen LogP contribution in [0.4, 0.5) is 0 Å². The van der Waals surface area contributed by atoms with Gasteiger partial charge in [0.15, 0.2) is 5.58 Å². The van der Waals surface area contributed by atoms with Gasteiger partial charge in [-0.25, -0.2) is 9.78 Å². The Morgan fingerprint density at radius 3 is 2.77 bits per heavy atom. The van der Waals surface area contributed by atoms with Crippen molar-refractivity contribution in [3.8, 4) is 0 Å². The largest absolute Gasteiger partial charge is 0.420 e. The van der Waals surface area contributed by atoms with E-state index in [2.05, 4.69) is 4.98 Å². The topological polar surface area (TPSA) is 68.3 Å².